The maximum atomic E-state index is 10.2. The summed E-state index contributed by atoms with van der Waals surface area (Å²) < 4.78 is 1.15. The Hall–Kier alpha value is 0.140. The first-order valence-electron chi connectivity index (χ1n) is 5.02. The van der Waals surface area contributed by atoms with Crippen LogP contribution in [0.25, 0.3) is 0 Å². The monoisotopic (exact) mass is 274 g/mol. The molecule has 14 heavy (non-hydrogen) atoms. The van der Waals surface area contributed by atoms with E-state index in [4.69, 9.17) is 0 Å². The number of hydrogen-bond donors (Lipinski definition) is 1. The van der Waals surface area contributed by atoms with E-state index < -0.39 is 5.60 Å². The Bertz CT molecular complexity index is 315. The molecule has 1 unspecified atom stereocenters. The standard InChI is InChI=1S/C11H15BrOS/c1-11(13,6-8-2-3-8)7-9-4-5-10(12)14-9/h4-5,8,13H,2-3,6-7H2,1H3. The molecule has 0 spiro atoms. The zero-order valence-electron chi connectivity index (χ0n) is 8.29. The van der Waals surface area contributed by atoms with Crippen molar-refractivity contribution in [1.29, 1.82) is 0 Å². The zero-order chi connectivity index (χ0) is 10.2. The van der Waals surface area contributed by atoms with E-state index in [2.05, 4.69) is 22.0 Å². The van der Waals surface area contributed by atoms with Crippen LogP contribution in [-0.2, 0) is 6.42 Å². The molecule has 0 radical (unpaired) electrons. The Labute approximate surface area is 97.3 Å². The lowest BCUT2D eigenvalue weighted by atomic mass is 9.94. The molecular formula is C11H15BrOS. The molecule has 1 atom stereocenters. The highest BCUT2D eigenvalue weighted by atomic mass is 79.9. The fraction of sp³-hybridized carbons (Fsp3) is 0.636. The Morgan fingerprint density at radius 1 is 1.57 bits per heavy atom. The number of aliphatic hydroxyl groups is 1. The third kappa shape index (κ3) is 3.07. The van der Waals surface area contributed by atoms with E-state index in [0.717, 1.165) is 22.5 Å². The number of hydrogen-bond acceptors (Lipinski definition) is 2. The molecule has 1 N–H and O–H groups in total. The lowest BCUT2D eigenvalue weighted by Crippen LogP contribution is -2.27. The minimum atomic E-state index is -0.508. The van der Waals surface area contributed by atoms with E-state index in [-0.39, 0.29) is 0 Å². The first-order chi connectivity index (χ1) is 6.55. The average molecular weight is 275 g/mol. The van der Waals surface area contributed by atoms with Gasteiger partial charge in [0.05, 0.1) is 9.39 Å². The van der Waals surface area contributed by atoms with E-state index in [1.165, 1.54) is 17.7 Å². The Kier molecular flexibility index (Phi) is 3.01. The normalized spacial score (nSPS) is 20.8. The highest BCUT2D eigenvalue weighted by Gasteiger charge is 2.31. The van der Waals surface area contributed by atoms with Crippen molar-refractivity contribution in [2.75, 3.05) is 0 Å². The molecule has 1 nitrogen and oxygen atoms in total. The molecule has 1 aliphatic carbocycles. The smallest absolute Gasteiger partial charge is 0.0701 e. The van der Waals surface area contributed by atoms with Crippen LogP contribution in [0.4, 0.5) is 0 Å². The van der Waals surface area contributed by atoms with E-state index in [1.807, 2.05) is 13.0 Å². The van der Waals surface area contributed by atoms with E-state index >= 15 is 0 Å². The SMILES string of the molecule is CC(O)(Cc1ccc(Br)s1)CC1CC1. The summed E-state index contributed by atoms with van der Waals surface area (Å²) in [6.07, 6.45) is 4.37. The van der Waals surface area contributed by atoms with Crippen LogP contribution in [0.5, 0.6) is 0 Å². The predicted octanol–water partition coefficient (Wildman–Crippen LogP) is 3.60. The summed E-state index contributed by atoms with van der Waals surface area (Å²) in [7, 11) is 0. The van der Waals surface area contributed by atoms with E-state index in [9.17, 15) is 5.11 Å². The van der Waals surface area contributed by atoms with Gasteiger partial charge in [0.25, 0.3) is 0 Å². The van der Waals surface area contributed by atoms with Crippen LogP contribution < -0.4 is 0 Å². The molecule has 0 bridgehead atoms. The molecule has 1 aliphatic rings. The third-order valence-corrected chi connectivity index (χ3v) is 4.23. The maximum absolute atomic E-state index is 10.2. The summed E-state index contributed by atoms with van der Waals surface area (Å²) in [5.41, 5.74) is -0.508. The third-order valence-electron chi connectivity index (χ3n) is 2.61. The van der Waals surface area contributed by atoms with Gasteiger partial charge in [0, 0.05) is 11.3 Å². The van der Waals surface area contributed by atoms with Crippen LogP contribution in [-0.4, -0.2) is 10.7 Å². The van der Waals surface area contributed by atoms with Crippen LogP contribution in [0.15, 0.2) is 15.9 Å². The fourth-order valence-electron chi connectivity index (χ4n) is 1.84. The molecule has 0 amide bonds. The van der Waals surface area contributed by atoms with Gasteiger partial charge in [0.15, 0.2) is 0 Å². The Morgan fingerprint density at radius 2 is 2.29 bits per heavy atom. The van der Waals surface area contributed by atoms with Gasteiger partial charge in [0.1, 0.15) is 0 Å². The highest BCUT2D eigenvalue weighted by Crippen LogP contribution is 2.38. The summed E-state index contributed by atoms with van der Waals surface area (Å²) in [6, 6.07) is 4.14. The van der Waals surface area contributed by atoms with Crippen molar-refractivity contribution in [3.63, 3.8) is 0 Å². The van der Waals surface area contributed by atoms with Gasteiger partial charge in [-0.15, -0.1) is 11.3 Å². The summed E-state index contributed by atoms with van der Waals surface area (Å²) in [4.78, 5) is 1.27. The van der Waals surface area contributed by atoms with Gasteiger partial charge in [-0.25, -0.2) is 0 Å². The lowest BCUT2D eigenvalue weighted by molar-refractivity contribution is 0.0463. The quantitative estimate of drug-likeness (QED) is 0.890. The van der Waals surface area contributed by atoms with Gasteiger partial charge in [-0.05, 0) is 47.3 Å². The van der Waals surface area contributed by atoms with Crippen molar-refractivity contribution in [3.05, 3.63) is 20.8 Å². The van der Waals surface area contributed by atoms with Crippen molar-refractivity contribution >= 4 is 27.3 Å². The van der Waals surface area contributed by atoms with Gasteiger partial charge in [-0.1, -0.05) is 12.8 Å². The van der Waals surface area contributed by atoms with Gasteiger partial charge in [0.2, 0.25) is 0 Å². The minimum absolute atomic E-state index is 0.508. The molecule has 0 aromatic carbocycles. The van der Waals surface area contributed by atoms with Gasteiger partial charge in [-0.2, -0.15) is 0 Å². The molecule has 0 saturated heterocycles. The van der Waals surface area contributed by atoms with E-state index in [0.29, 0.717) is 0 Å². The maximum Gasteiger partial charge on any atom is 0.0701 e. The van der Waals surface area contributed by atoms with Crippen molar-refractivity contribution in [3.8, 4) is 0 Å². The molecule has 0 aliphatic heterocycles. The van der Waals surface area contributed by atoms with Crippen molar-refractivity contribution in [2.24, 2.45) is 5.92 Å². The number of rotatable bonds is 4. The van der Waals surface area contributed by atoms with Gasteiger partial charge < -0.3 is 5.11 Å². The number of thiophene rings is 1. The molecular weight excluding hydrogens is 260 g/mol. The lowest BCUT2D eigenvalue weighted by Gasteiger charge is -2.22. The summed E-state index contributed by atoms with van der Waals surface area (Å²) in [5.74, 6) is 0.786. The second-order valence-electron chi connectivity index (χ2n) is 4.53. The van der Waals surface area contributed by atoms with Crippen LogP contribution in [0.1, 0.15) is 31.1 Å². The van der Waals surface area contributed by atoms with Gasteiger partial charge >= 0.3 is 0 Å². The van der Waals surface area contributed by atoms with Crippen LogP contribution in [0.3, 0.4) is 0 Å². The zero-order valence-corrected chi connectivity index (χ0v) is 10.7. The number of halogens is 1. The minimum Gasteiger partial charge on any atom is -0.390 e. The topological polar surface area (TPSA) is 20.2 Å². The van der Waals surface area contributed by atoms with Crippen LogP contribution in [0, 0.1) is 5.92 Å². The van der Waals surface area contributed by atoms with E-state index in [1.54, 1.807) is 11.3 Å². The van der Waals surface area contributed by atoms with Crippen molar-refractivity contribution in [2.45, 2.75) is 38.2 Å². The van der Waals surface area contributed by atoms with Crippen molar-refractivity contribution in [1.82, 2.24) is 0 Å². The molecule has 1 aromatic rings. The Balaban J connectivity index is 1.94. The van der Waals surface area contributed by atoms with Crippen molar-refractivity contribution < 1.29 is 5.11 Å². The molecule has 1 fully saturated rings. The highest BCUT2D eigenvalue weighted by molar-refractivity contribution is 9.11. The summed E-state index contributed by atoms with van der Waals surface area (Å²) in [6.45, 7) is 1.96. The first kappa shape index (κ1) is 10.7. The molecule has 1 aromatic heterocycles. The molecule has 2 rings (SSSR count). The second-order valence-corrected chi connectivity index (χ2v) is 7.07. The molecule has 1 saturated carbocycles. The molecule has 3 heteroatoms. The average Bonchev–Trinajstić information content (AvgIpc) is 2.74. The first-order valence-corrected chi connectivity index (χ1v) is 6.63. The summed E-state index contributed by atoms with van der Waals surface area (Å²) >= 11 is 5.16. The Morgan fingerprint density at radius 3 is 2.79 bits per heavy atom. The second kappa shape index (κ2) is 3.95. The van der Waals surface area contributed by atoms with Crippen LogP contribution in [0.2, 0.25) is 0 Å². The largest absolute Gasteiger partial charge is 0.390 e. The summed E-state index contributed by atoms with van der Waals surface area (Å²) in [5, 5.41) is 10.2. The molecule has 78 valence electrons. The predicted molar refractivity (Wildman–Crippen MR) is 63.7 cm³/mol. The van der Waals surface area contributed by atoms with Gasteiger partial charge in [-0.3, -0.25) is 0 Å². The van der Waals surface area contributed by atoms with Crippen LogP contribution >= 0.6 is 27.3 Å². The fourth-order valence-corrected chi connectivity index (χ4v) is 3.50. The molecule has 1 heterocycles.